The molecule has 4 heteroatoms. The van der Waals surface area contributed by atoms with Gasteiger partial charge in [0.25, 0.3) is 0 Å². The van der Waals surface area contributed by atoms with Crippen molar-refractivity contribution in [3.05, 3.63) is 12.2 Å². The van der Waals surface area contributed by atoms with E-state index in [9.17, 15) is 4.79 Å². The first-order valence-corrected chi connectivity index (χ1v) is 10.5. The van der Waals surface area contributed by atoms with Gasteiger partial charge in [0.2, 0.25) is 5.91 Å². The lowest BCUT2D eigenvalue weighted by molar-refractivity contribution is -0.367. The third kappa shape index (κ3) is 23.5. The number of unbranched alkanes of at least 4 members (excludes halogenated alkanes) is 11. The molecular formula is C21H43ClN2O. The van der Waals surface area contributed by atoms with E-state index in [4.69, 9.17) is 0 Å². The van der Waals surface area contributed by atoms with Gasteiger partial charge in [-0.25, -0.2) is 0 Å². The number of halogens is 1. The number of carbonyl (C=O) groups is 1. The van der Waals surface area contributed by atoms with Crippen molar-refractivity contribution < 1.29 is 22.9 Å². The zero-order chi connectivity index (χ0) is 17.7. The van der Waals surface area contributed by atoms with Crippen molar-refractivity contribution in [2.45, 2.75) is 103 Å². The Hall–Kier alpha value is -0.540. The number of quaternary nitrogens is 1. The monoisotopic (exact) mass is 374 g/mol. The summed E-state index contributed by atoms with van der Waals surface area (Å²) in [6, 6.07) is 0. The number of amides is 1. The van der Waals surface area contributed by atoms with Crippen molar-refractivity contribution >= 4 is 5.91 Å². The minimum atomic E-state index is 0. The van der Waals surface area contributed by atoms with Crippen LogP contribution in [0, 0.1) is 0 Å². The van der Waals surface area contributed by atoms with E-state index in [1.54, 1.807) is 0 Å². The molecule has 0 aromatic heterocycles. The van der Waals surface area contributed by atoms with E-state index in [0.29, 0.717) is 6.42 Å². The summed E-state index contributed by atoms with van der Waals surface area (Å²) in [7, 11) is 0. The molecule has 0 aliphatic carbocycles. The lowest BCUT2D eigenvalue weighted by Gasteiger charge is -2.03. The third-order valence-electron chi connectivity index (χ3n) is 4.41. The molecule has 0 spiro atoms. The van der Waals surface area contributed by atoms with Gasteiger partial charge in [-0.15, -0.1) is 0 Å². The van der Waals surface area contributed by atoms with Gasteiger partial charge in [0.1, 0.15) is 0 Å². The summed E-state index contributed by atoms with van der Waals surface area (Å²) < 4.78 is 0. The van der Waals surface area contributed by atoms with Crippen LogP contribution in [-0.2, 0) is 4.79 Å². The highest BCUT2D eigenvalue weighted by atomic mass is 35.5. The number of carbonyl (C=O) groups excluding carboxylic acids is 1. The van der Waals surface area contributed by atoms with Crippen LogP contribution >= 0.6 is 0 Å². The van der Waals surface area contributed by atoms with Crippen molar-refractivity contribution in [3.8, 4) is 0 Å². The highest BCUT2D eigenvalue weighted by Crippen LogP contribution is 2.09. The molecule has 1 amide bonds. The van der Waals surface area contributed by atoms with Crippen LogP contribution in [0.3, 0.4) is 0 Å². The highest BCUT2D eigenvalue weighted by Gasteiger charge is 1.99. The van der Waals surface area contributed by atoms with Crippen molar-refractivity contribution in [3.63, 3.8) is 0 Å². The first-order chi connectivity index (χ1) is 11.8. The molecular weight excluding hydrogens is 332 g/mol. The number of allylic oxidation sites excluding steroid dienone is 2. The second-order valence-electron chi connectivity index (χ2n) is 6.89. The van der Waals surface area contributed by atoms with Crippen LogP contribution in [0.25, 0.3) is 0 Å². The summed E-state index contributed by atoms with van der Waals surface area (Å²) in [4.78, 5) is 11.5. The highest BCUT2D eigenvalue weighted by molar-refractivity contribution is 5.75. The summed E-state index contributed by atoms with van der Waals surface area (Å²) in [5.41, 5.74) is 3.77. The van der Waals surface area contributed by atoms with Gasteiger partial charge in [-0.3, -0.25) is 4.79 Å². The van der Waals surface area contributed by atoms with Gasteiger partial charge < -0.3 is 23.5 Å². The quantitative estimate of drug-likeness (QED) is 0.279. The molecule has 0 aliphatic rings. The normalized spacial score (nSPS) is 10.8. The first-order valence-electron chi connectivity index (χ1n) is 10.5. The van der Waals surface area contributed by atoms with Crippen LogP contribution in [0.5, 0.6) is 0 Å². The lowest BCUT2D eigenvalue weighted by atomic mass is 10.1. The molecule has 0 aromatic carbocycles. The van der Waals surface area contributed by atoms with E-state index in [-0.39, 0.29) is 18.3 Å². The molecule has 0 aliphatic heterocycles. The summed E-state index contributed by atoms with van der Waals surface area (Å²) in [5.74, 6) is 0.209. The maximum atomic E-state index is 11.5. The van der Waals surface area contributed by atoms with E-state index in [2.05, 4.69) is 30.1 Å². The minimum Gasteiger partial charge on any atom is -1.00 e. The molecule has 0 fully saturated rings. The van der Waals surface area contributed by atoms with Gasteiger partial charge in [0, 0.05) is 19.4 Å². The minimum absolute atomic E-state index is 0. The van der Waals surface area contributed by atoms with Crippen molar-refractivity contribution in [2.24, 2.45) is 0 Å². The smallest absolute Gasteiger partial charge is 0.219 e. The maximum Gasteiger partial charge on any atom is 0.219 e. The molecule has 0 atom stereocenters. The van der Waals surface area contributed by atoms with Crippen LogP contribution in [0.15, 0.2) is 12.2 Å². The number of nitrogens with one attached hydrogen (secondary N) is 1. The zero-order valence-electron chi connectivity index (χ0n) is 16.7. The van der Waals surface area contributed by atoms with E-state index >= 15 is 0 Å². The Balaban J connectivity index is 0. The topological polar surface area (TPSA) is 56.7 Å². The molecule has 0 saturated heterocycles. The van der Waals surface area contributed by atoms with Crippen LogP contribution < -0.4 is 23.5 Å². The third-order valence-corrected chi connectivity index (χ3v) is 4.41. The predicted octanol–water partition coefficient (Wildman–Crippen LogP) is 1.78. The van der Waals surface area contributed by atoms with Crippen LogP contribution in [-0.4, -0.2) is 19.0 Å². The Morgan fingerprint density at radius 2 is 1.32 bits per heavy atom. The van der Waals surface area contributed by atoms with Crippen molar-refractivity contribution in [2.75, 3.05) is 13.1 Å². The van der Waals surface area contributed by atoms with E-state index in [1.807, 2.05) is 0 Å². The fraction of sp³-hybridized carbons (Fsp3) is 0.857. The number of rotatable bonds is 18. The summed E-state index contributed by atoms with van der Waals surface area (Å²) in [6.45, 7) is 3.95. The Labute approximate surface area is 163 Å². The molecule has 25 heavy (non-hydrogen) atoms. The predicted molar refractivity (Wildman–Crippen MR) is 105 cm³/mol. The Kier molecular flexibility index (Phi) is 25.0. The van der Waals surface area contributed by atoms with Crippen LogP contribution in [0.2, 0.25) is 0 Å². The summed E-state index contributed by atoms with van der Waals surface area (Å²) in [5, 5.41) is 2.95. The van der Waals surface area contributed by atoms with Crippen LogP contribution in [0.4, 0.5) is 0 Å². The number of hydrogen-bond donors (Lipinski definition) is 2. The molecule has 0 bridgehead atoms. The lowest BCUT2D eigenvalue weighted by Crippen LogP contribution is -3.00. The Morgan fingerprint density at radius 3 is 1.88 bits per heavy atom. The largest absolute Gasteiger partial charge is 1.00 e. The zero-order valence-corrected chi connectivity index (χ0v) is 17.4. The van der Waals surface area contributed by atoms with E-state index < -0.39 is 0 Å². The second kappa shape index (κ2) is 23.5. The molecule has 0 aromatic rings. The van der Waals surface area contributed by atoms with Gasteiger partial charge in [-0.2, -0.15) is 0 Å². The molecule has 0 rings (SSSR count). The Morgan fingerprint density at radius 1 is 0.800 bits per heavy atom. The standard InChI is InChI=1S/C21H42N2O.ClH/c1-2-3-4-5-6-7-8-9-10-11-12-13-14-15-16-18-21(24)23-20-17-19-22;/h9-10H,2-8,11-20,22H2,1H3,(H,23,24);1H/b10-9-;. The summed E-state index contributed by atoms with van der Waals surface area (Å²) in [6.07, 6.45) is 23.3. The molecule has 150 valence electrons. The van der Waals surface area contributed by atoms with Crippen LogP contribution in [0.1, 0.15) is 103 Å². The molecule has 0 saturated carbocycles. The van der Waals surface area contributed by atoms with Gasteiger partial charge in [-0.05, 0) is 32.1 Å². The average Bonchev–Trinajstić information content (AvgIpc) is 2.58. The molecule has 0 unspecified atom stereocenters. The van der Waals surface area contributed by atoms with E-state index in [0.717, 1.165) is 25.9 Å². The SMILES string of the molecule is CCCCCCCC/C=C\CCCCCCCC(=O)NCCC[NH3+].[Cl-]. The Bertz CT molecular complexity index is 296. The maximum absolute atomic E-state index is 11.5. The fourth-order valence-corrected chi connectivity index (χ4v) is 2.80. The van der Waals surface area contributed by atoms with Gasteiger partial charge >= 0.3 is 0 Å². The van der Waals surface area contributed by atoms with E-state index in [1.165, 1.54) is 77.0 Å². The molecule has 0 radical (unpaired) electrons. The van der Waals surface area contributed by atoms with Gasteiger partial charge in [0.05, 0.1) is 6.54 Å². The molecule has 3 nitrogen and oxygen atoms in total. The molecule has 4 N–H and O–H groups in total. The van der Waals surface area contributed by atoms with Gasteiger partial charge in [-0.1, -0.05) is 70.4 Å². The molecule has 0 heterocycles. The van der Waals surface area contributed by atoms with Crippen molar-refractivity contribution in [1.29, 1.82) is 0 Å². The van der Waals surface area contributed by atoms with Gasteiger partial charge in [0.15, 0.2) is 0 Å². The number of hydrogen-bond acceptors (Lipinski definition) is 1. The summed E-state index contributed by atoms with van der Waals surface area (Å²) >= 11 is 0. The second-order valence-corrected chi connectivity index (χ2v) is 6.89. The first kappa shape index (κ1) is 26.7. The van der Waals surface area contributed by atoms with Crippen molar-refractivity contribution in [1.82, 2.24) is 5.32 Å². The fourth-order valence-electron chi connectivity index (χ4n) is 2.80. The average molecular weight is 375 g/mol.